The fourth-order valence-electron chi connectivity index (χ4n) is 2.54. The highest BCUT2D eigenvalue weighted by atomic mass is 16.7. The molecule has 2 atom stereocenters. The van der Waals surface area contributed by atoms with E-state index in [9.17, 15) is 9.90 Å². The Bertz CT molecular complexity index is 332. The summed E-state index contributed by atoms with van der Waals surface area (Å²) in [6.45, 7) is 6.66. The minimum atomic E-state index is -0.610. The van der Waals surface area contributed by atoms with E-state index in [1.54, 1.807) is 6.92 Å². The van der Waals surface area contributed by atoms with Crippen molar-refractivity contribution in [3.8, 4) is 0 Å². The average molecular weight is 256 g/mol. The van der Waals surface area contributed by atoms with Gasteiger partial charge in [-0.25, -0.2) is 4.79 Å². The zero-order valence-corrected chi connectivity index (χ0v) is 10.7. The molecule has 1 aliphatic carbocycles. The first-order chi connectivity index (χ1) is 8.52. The largest absolute Gasteiger partial charge is 0.456 e. The van der Waals surface area contributed by atoms with Crippen molar-refractivity contribution < 1.29 is 24.1 Å². The van der Waals surface area contributed by atoms with Gasteiger partial charge in [-0.1, -0.05) is 6.58 Å². The van der Waals surface area contributed by atoms with Crippen molar-refractivity contribution in [2.75, 3.05) is 20.0 Å². The number of aliphatic hydroxyl groups is 1. The summed E-state index contributed by atoms with van der Waals surface area (Å²) in [5.74, 6) is -0.450. The van der Waals surface area contributed by atoms with E-state index in [4.69, 9.17) is 14.2 Å². The van der Waals surface area contributed by atoms with E-state index in [0.717, 1.165) is 6.42 Å². The molecule has 0 bridgehead atoms. The second-order valence-electron chi connectivity index (χ2n) is 5.35. The molecule has 18 heavy (non-hydrogen) atoms. The average Bonchev–Trinajstić information content (AvgIpc) is 2.35. The number of rotatable bonds is 2. The zero-order valence-electron chi connectivity index (χ0n) is 10.7. The van der Waals surface area contributed by atoms with Crippen LogP contribution < -0.4 is 0 Å². The van der Waals surface area contributed by atoms with Crippen molar-refractivity contribution in [2.45, 2.75) is 38.4 Å². The molecule has 0 aromatic rings. The van der Waals surface area contributed by atoms with Crippen molar-refractivity contribution in [3.05, 3.63) is 12.2 Å². The van der Waals surface area contributed by atoms with E-state index >= 15 is 0 Å². The van der Waals surface area contributed by atoms with E-state index in [1.807, 2.05) is 0 Å². The lowest BCUT2D eigenvalue weighted by Gasteiger charge is -2.44. The van der Waals surface area contributed by atoms with Gasteiger partial charge < -0.3 is 19.3 Å². The summed E-state index contributed by atoms with van der Waals surface area (Å²) < 4.78 is 16.0. The smallest absolute Gasteiger partial charge is 0.333 e. The van der Waals surface area contributed by atoms with E-state index in [2.05, 4.69) is 6.58 Å². The van der Waals surface area contributed by atoms with Crippen LogP contribution >= 0.6 is 0 Å². The van der Waals surface area contributed by atoms with Gasteiger partial charge in [-0.3, -0.25) is 0 Å². The van der Waals surface area contributed by atoms with Gasteiger partial charge in [0.25, 0.3) is 0 Å². The molecule has 1 saturated carbocycles. The quantitative estimate of drug-likeness (QED) is 0.590. The van der Waals surface area contributed by atoms with E-state index in [-0.39, 0.29) is 5.41 Å². The Morgan fingerprint density at radius 2 is 2.11 bits per heavy atom. The van der Waals surface area contributed by atoms with E-state index < -0.39 is 18.2 Å². The van der Waals surface area contributed by atoms with Crippen molar-refractivity contribution in [1.29, 1.82) is 0 Å². The summed E-state index contributed by atoms with van der Waals surface area (Å²) in [5.41, 5.74) is 0.218. The molecule has 2 unspecified atom stereocenters. The Morgan fingerprint density at radius 1 is 1.44 bits per heavy atom. The number of ether oxygens (including phenoxy) is 3. The van der Waals surface area contributed by atoms with Gasteiger partial charge >= 0.3 is 5.97 Å². The molecular weight excluding hydrogens is 236 g/mol. The van der Waals surface area contributed by atoms with Crippen LogP contribution in [-0.2, 0) is 19.0 Å². The number of esters is 1. The third-order valence-corrected chi connectivity index (χ3v) is 3.62. The van der Waals surface area contributed by atoms with Crippen molar-refractivity contribution >= 4 is 5.97 Å². The van der Waals surface area contributed by atoms with E-state index in [1.165, 1.54) is 0 Å². The Kier molecular flexibility index (Phi) is 4.04. The third-order valence-electron chi connectivity index (χ3n) is 3.62. The van der Waals surface area contributed by atoms with Crippen molar-refractivity contribution in [1.82, 2.24) is 0 Å². The number of aliphatic hydroxyl groups excluding tert-OH is 1. The fourth-order valence-corrected chi connectivity index (χ4v) is 2.54. The third kappa shape index (κ3) is 2.91. The Morgan fingerprint density at radius 3 is 2.72 bits per heavy atom. The molecule has 0 radical (unpaired) electrons. The van der Waals surface area contributed by atoms with Crippen LogP contribution in [0.4, 0.5) is 0 Å². The molecule has 1 saturated heterocycles. The van der Waals surface area contributed by atoms with Gasteiger partial charge in [0.05, 0.1) is 19.3 Å². The summed E-state index contributed by atoms with van der Waals surface area (Å²) >= 11 is 0. The molecule has 102 valence electrons. The molecule has 0 aromatic heterocycles. The molecule has 1 spiro atoms. The first-order valence-electron chi connectivity index (χ1n) is 6.22. The van der Waals surface area contributed by atoms with Gasteiger partial charge in [0, 0.05) is 11.0 Å². The number of carbonyl (C=O) groups is 1. The van der Waals surface area contributed by atoms with Crippen LogP contribution in [-0.4, -0.2) is 43.3 Å². The monoisotopic (exact) mass is 256 g/mol. The molecule has 1 N–H and O–H groups in total. The first-order valence-corrected chi connectivity index (χ1v) is 6.22. The highest BCUT2D eigenvalue weighted by Crippen LogP contribution is 2.40. The van der Waals surface area contributed by atoms with Crippen LogP contribution in [0.5, 0.6) is 0 Å². The van der Waals surface area contributed by atoms with Crippen LogP contribution in [0.2, 0.25) is 0 Å². The van der Waals surface area contributed by atoms with Gasteiger partial charge in [-0.05, 0) is 26.2 Å². The Balaban J connectivity index is 2.00. The van der Waals surface area contributed by atoms with Crippen LogP contribution in [0.25, 0.3) is 0 Å². The summed E-state index contributed by atoms with van der Waals surface area (Å²) in [4.78, 5) is 11.5. The van der Waals surface area contributed by atoms with Crippen LogP contribution in [0.15, 0.2) is 12.2 Å². The topological polar surface area (TPSA) is 65.0 Å². The normalized spacial score (nSPS) is 31.0. The molecule has 2 fully saturated rings. The van der Waals surface area contributed by atoms with Gasteiger partial charge in [-0.15, -0.1) is 0 Å². The van der Waals surface area contributed by atoms with Crippen LogP contribution in [0.3, 0.4) is 0 Å². The Labute approximate surface area is 107 Å². The van der Waals surface area contributed by atoms with Gasteiger partial charge in [0.1, 0.15) is 12.9 Å². The lowest BCUT2D eigenvalue weighted by atomic mass is 9.72. The van der Waals surface area contributed by atoms with Crippen molar-refractivity contribution in [3.63, 3.8) is 0 Å². The summed E-state index contributed by atoms with van der Waals surface area (Å²) in [5, 5.41) is 9.93. The van der Waals surface area contributed by atoms with Gasteiger partial charge in [0.2, 0.25) is 0 Å². The predicted molar refractivity (Wildman–Crippen MR) is 63.8 cm³/mol. The van der Waals surface area contributed by atoms with E-state index in [0.29, 0.717) is 38.4 Å². The van der Waals surface area contributed by atoms with Gasteiger partial charge in [-0.2, -0.15) is 0 Å². The molecule has 2 aliphatic rings. The number of hydrogen-bond acceptors (Lipinski definition) is 5. The highest BCUT2D eigenvalue weighted by Gasteiger charge is 2.44. The zero-order chi connectivity index (χ0) is 13.2. The first kappa shape index (κ1) is 13.5. The molecule has 2 rings (SSSR count). The summed E-state index contributed by atoms with van der Waals surface area (Å²) in [7, 11) is 0. The highest BCUT2D eigenvalue weighted by molar-refractivity contribution is 5.87. The Hall–Kier alpha value is -0.910. The minimum absolute atomic E-state index is 0.127. The molecule has 0 amide bonds. The van der Waals surface area contributed by atoms with Crippen LogP contribution in [0.1, 0.15) is 26.2 Å². The maximum atomic E-state index is 11.5. The number of carbonyl (C=O) groups excluding carboxylic acids is 1. The summed E-state index contributed by atoms with van der Waals surface area (Å²) in [6.07, 6.45) is 0.901. The number of hydrogen-bond donors (Lipinski definition) is 1. The predicted octanol–water partition coefficient (Wildman–Crippen LogP) is 1.01. The SMILES string of the molecule is C=C(C)C(=O)OC1CC2(CCC1O)COCOC2. The molecule has 1 aliphatic heterocycles. The minimum Gasteiger partial charge on any atom is -0.456 e. The maximum Gasteiger partial charge on any atom is 0.333 e. The summed E-state index contributed by atoms with van der Waals surface area (Å²) in [6, 6.07) is 0. The molecular formula is C13H20O5. The second kappa shape index (κ2) is 5.38. The lowest BCUT2D eigenvalue weighted by Crippen LogP contribution is -2.48. The lowest BCUT2D eigenvalue weighted by molar-refractivity contribution is -0.200. The standard InChI is InChI=1S/C13H20O5/c1-9(2)12(15)18-11-5-13(4-3-10(11)14)6-16-8-17-7-13/h10-11,14H,1,3-8H2,2H3. The van der Waals surface area contributed by atoms with Crippen LogP contribution in [0, 0.1) is 5.41 Å². The van der Waals surface area contributed by atoms with Gasteiger partial charge in [0.15, 0.2) is 0 Å². The molecule has 0 aromatic carbocycles. The molecule has 5 nitrogen and oxygen atoms in total. The second-order valence-corrected chi connectivity index (χ2v) is 5.35. The maximum absolute atomic E-state index is 11.5. The molecule has 1 heterocycles. The molecule has 5 heteroatoms. The fraction of sp³-hybridized carbons (Fsp3) is 0.769. The van der Waals surface area contributed by atoms with Crippen molar-refractivity contribution in [2.24, 2.45) is 5.41 Å².